The molecule has 0 bridgehead atoms. The maximum atomic E-state index is 13.0. The first-order valence-corrected chi connectivity index (χ1v) is 6.84. The maximum absolute atomic E-state index is 13.0. The van der Waals surface area contributed by atoms with Crippen molar-refractivity contribution in [2.75, 3.05) is 13.7 Å². The van der Waals surface area contributed by atoms with E-state index in [-0.39, 0.29) is 18.0 Å². The molecule has 2 rings (SSSR count). The number of rotatable bonds is 6. The fourth-order valence-electron chi connectivity index (χ4n) is 2.45. The Labute approximate surface area is 114 Å². The average Bonchev–Trinajstić information content (AvgIpc) is 2.35. The summed E-state index contributed by atoms with van der Waals surface area (Å²) in [5, 5.41) is 3.44. The molecule has 1 N–H and O–H groups in total. The molecule has 106 valence electrons. The van der Waals surface area contributed by atoms with Crippen LogP contribution in [0, 0.1) is 12.7 Å². The zero-order valence-corrected chi connectivity index (χ0v) is 11.8. The average molecular weight is 267 g/mol. The summed E-state index contributed by atoms with van der Waals surface area (Å²) in [6.45, 7) is 4.99. The van der Waals surface area contributed by atoms with Crippen LogP contribution in [0.5, 0.6) is 5.75 Å². The van der Waals surface area contributed by atoms with Crippen LogP contribution in [0.15, 0.2) is 18.2 Å². The lowest BCUT2D eigenvalue weighted by Crippen LogP contribution is -2.61. The van der Waals surface area contributed by atoms with Gasteiger partial charge in [-0.1, -0.05) is 6.92 Å². The molecule has 0 spiro atoms. The molecule has 3 unspecified atom stereocenters. The standard InChI is InChI=1S/C15H22FNO2/c1-4-7-17-12-9-14(15(12)18-3)19-13-6-5-11(16)8-10(13)2/h5-6,8,12,14-15,17H,4,7,9H2,1-3H3. The van der Waals surface area contributed by atoms with Gasteiger partial charge in [0.25, 0.3) is 0 Å². The summed E-state index contributed by atoms with van der Waals surface area (Å²) >= 11 is 0. The van der Waals surface area contributed by atoms with Crippen molar-refractivity contribution in [3.8, 4) is 5.75 Å². The second kappa shape index (κ2) is 6.35. The number of aryl methyl sites for hydroxylation is 1. The molecule has 1 aliphatic rings. The van der Waals surface area contributed by atoms with E-state index in [9.17, 15) is 4.39 Å². The molecule has 0 heterocycles. The number of hydrogen-bond acceptors (Lipinski definition) is 3. The molecule has 4 heteroatoms. The highest BCUT2D eigenvalue weighted by molar-refractivity contribution is 5.33. The van der Waals surface area contributed by atoms with Crippen molar-refractivity contribution < 1.29 is 13.9 Å². The quantitative estimate of drug-likeness (QED) is 0.859. The highest BCUT2D eigenvalue weighted by atomic mass is 19.1. The maximum Gasteiger partial charge on any atom is 0.128 e. The Bertz CT molecular complexity index is 425. The summed E-state index contributed by atoms with van der Waals surface area (Å²) < 4.78 is 24.4. The van der Waals surface area contributed by atoms with Crippen LogP contribution in [0.2, 0.25) is 0 Å². The van der Waals surface area contributed by atoms with Crippen molar-refractivity contribution in [3.05, 3.63) is 29.6 Å². The van der Waals surface area contributed by atoms with E-state index in [0.717, 1.165) is 30.7 Å². The van der Waals surface area contributed by atoms with Gasteiger partial charge in [0.2, 0.25) is 0 Å². The fraction of sp³-hybridized carbons (Fsp3) is 0.600. The van der Waals surface area contributed by atoms with E-state index in [2.05, 4.69) is 12.2 Å². The molecule has 3 nitrogen and oxygen atoms in total. The second-order valence-corrected chi connectivity index (χ2v) is 5.06. The first-order valence-electron chi connectivity index (χ1n) is 6.84. The second-order valence-electron chi connectivity index (χ2n) is 5.06. The Balaban J connectivity index is 1.93. The Morgan fingerprint density at radius 1 is 1.42 bits per heavy atom. The van der Waals surface area contributed by atoms with Crippen LogP contribution >= 0.6 is 0 Å². The topological polar surface area (TPSA) is 30.5 Å². The minimum Gasteiger partial charge on any atom is -0.487 e. The molecule has 1 aliphatic carbocycles. The zero-order chi connectivity index (χ0) is 13.8. The molecule has 1 aromatic rings. The van der Waals surface area contributed by atoms with Gasteiger partial charge in [-0.15, -0.1) is 0 Å². The van der Waals surface area contributed by atoms with Gasteiger partial charge in [0.15, 0.2) is 0 Å². The third-order valence-corrected chi connectivity index (χ3v) is 3.59. The van der Waals surface area contributed by atoms with Gasteiger partial charge in [0, 0.05) is 19.6 Å². The Kier molecular flexibility index (Phi) is 4.77. The van der Waals surface area contributed by atoms with Gasteiger partial charge in [-0.2, -0.15) is 0 Å². The summed E-state index contributed by atoms with van der Waals surface area (Å²) in [6.07, 6.45) is 2.14. The number of benzene rings is 1. The molecule has 0 radical (unpaired) electrons. The molecular formula is C15H22FNO2. The number of hydrogen-bond donors (Lipinski definition) is 1. The summed E-state index contributed by atoms with van der Waals surface area (Å²) in [5.41, 5.74) is 0.819. The summed E-state index contributed by atoms with van der Waals surface area (Å²) in [5.74, 6) is 0.506. The molecule has 3 atom stereocenters. The van der Waals surface area contributed by atoms with Crippen LogP contribution in [-0.2, 0) is 4.74 Å². The molecule has 0 amide bonds. The van der Waals surface area contributed by atoms with Gasteiger partial charge >= 0.3 is 0 Å². The van der Waals surface area contributed by atoms with E-state index in [1.807, 2.05) is 6.92 Å². The van der Waals surface area contributed by atoms with Crippen LogP contribution in [0.1, 0.15) is 25.3 Å². The predicted octanol–water partition coefficient (Wildman–Crippen LogP) is 2.67. The number of halogens is 1. The van der Waals surface area contributed by atoms with E-state index in [4.69, 9.17) is 9.47 Å². The molecule has 0 saturated heterocycles. The van der Waals surface area contributed by atoms with Crippen molar-refractivity contribution in [2.24, 2.45) is 0 Å². The van der Waals surface area contributed by atoms with Crippen molar-refractivity contribution >= 4 is 0 Å². The van der Waals surface area contributed by atoms with Crippen LogP contribution < -0.4 is 10.1 Å². The minimum atomic E-state index is -0.232. The fourth-order valence-corrected chi connectivity index (χ4v) is 2.45. The SMILES string of the molecule is CCCNC1CC(Oc2ccc(F)cc2C)C1OC. The van der Waals surface area contributed by atoms with Gasteiger partial charge in [0.05, 0.1) is 0 Å². The molecule has 1 saturated carbocycles. The predicted molar refractivity (Wildman–Crippen MR) is 73.0 cm³/mol. The van der Waals surface area contributed by atoms with Crippen LogP contribution in [0.25, 0.3) is 0 Å². The van der Waals surface area contributed by atoms with Gasteiger partial charge in [0.1, 0.15) is 23.8 Å². The van der Waals surface area contributed by atoms with E-state index in [1.54, 1.807) is 13.2 Å². The van der Waals surface area contributed by atoms with Gasteiger partial charge < -0.3 is 14.8 Å². The molecule has 19 heavy (non-hydrogen) atoms. The lowest BCUT2D eigenvalue weighted by Gasteiger charge is -2.43. The normalized spacial score (nSPS) is 26.0. The zero-order valence-electron chi connectivity index (χ0n) is 11.8. The van der Waals surface area contributed by atoms with Crippen molar-refractivity contribution in [2.45, 2.75) is 44.9 Å². The molecular weight excluding hydrogens is 245 g/mol. The van der Waals surface area contributed by atoms with Crippen LogP contribution in [-0.4, -0.2) is 31.9 Å². The first-order chi connectivity index (χ1) is 9.15. The summed E-state index contributed by atoms with van der Waals surface area (Å²) in [4.78, 5) is 0. The molecule has 0 aliphatic heterocycles. The van der Waals surface area contributed by atoms with Crippen molar-refractivity contribution in [1.82, 2.24) is 5.32 Å². The van der Waals surface area contributed by atoms with Crippen molar-refractivity contribution in [3.63, 3.8) is 0 Å². The number of methoxy groups -OCH3 is 1. The van der Waals surface area contributed by atoms with E-state index in [1.165, 1.54) is 12.1 Å². The lowest BCUT2D eigenvalue weighted by atomic mass is 9.85. The summed E-state index contributed by atoms with van der Waals surface area (Å²) in [7, 11) is 1.71. The summed E-state index contributed by atoms with van der Waals surface area (Å²) in [6, 6.07) is 4.96. The Morgan fingerprint density at radius 2 is 2.21 bits per heavy atom. The van der Waals surface area contributed by atoms with Crippen molar-refractivity contribution in [1.29, 1.82) is 0 Å². The van der Waals surface area contributed by atoms with E-state index >= 15 is 0 Å². The van der Waals surface area contributed by atoms with Gasteiger partial charge in [-0.3, -0.25) is 0 Å². The van der Waals surface area contributed by atoms with Crippen LogP contribution in [0.4, 0.5) is 4.39 Å². The molecule has 0 aromatic heterocycles. The minimum absolute atomic E-state index is 0.0449. The van der Waals surface area contributed by atoms with Gasteiger partial charge in [-0.05, 0) is 43.7 Å². The number of ether oxygens (including phenoxy) is 2. The van der Waals surface area contributed by atoms with Gasteiger partial charge in [-0.25, -0.2) is 4.39 Å². The van der Waals surface area contributed by atoms with Crippen LogP contribution in [0.3, 0.4) is 0 Å². The highest BCUT2D eigenvalue weighted by Crippen LogP contribution is 2.30. The third-order valence-electron chi connectivity index (χ3n) is 3.59. The molecule has 1 aromatic carbocycles. The lowest BCUT2D eigenvalue weighted by molar-refractivity contribution is -0.0889. The first kappa shape index (κ1) is 14.3. The number of nitrogens with one attached hydrogen (secondary N) is 1. The van der Waals surface area contributed by atoms with E-state index < -0.39 is 0 Å². The monoisotopic (exact) mass is 267 g/mol. The molecule has 1 fully saturated rings. The van der Waals surface area contributed by atoms with E-state index in [0.29, 0.717) is 6.04 Å². The highest BCUT2D eigenvalue weighted by Gasteiger charge is 2.42. The Morgan fingerprint density at radius 3 is 2.84 bits per heavy atom. The third kappa shape index (κ3) is 3.25. The smallest absolute Gasteiger partial charge is 0.128 e. The largest absolute Gasteiger partial charge is 0.487 e. The Hall–Kier alpha value is -1.13.